The zero-order valence-electron chi connectivity index (χ0n) is 19.5. The largest absolute Gasteiger partial charge is 0.485 e. The summed E-state index contributed by atoms with van der Waals surface area (Å²) < 4.78 is 7.66. The third-order valence-corrected chi connectivity index (χ3v) is 5.62. The summed E-state index contributed by atoms with van der Waals surface area (Å²) in [6.07, 6.45) is 3.70. The number of nitro groups is 1. The van der Waals surface area contributed by atoms with Gasteiger partial charge >= 0.3 is 5.69 Å². The molecule has 8 nitrogen and oxygen atoms in total. The molecule has 1 heterocycles. The lowest BCUT2D eigenvalue weighted by Gasteiger charge is -2.19. The fraction of sp³-hybridized carbons (Fsp3) is 0.375. The predicted octanol–water partition coefficient (Wildman–Crippen LogP) is 6.37. The molecule has 0 amide bonds. The Morgan fingerprint density at radius 1 is 1.29 bits per heavy atom. The molecule has 0 radical (unpaired) electrons. The van der Waals surface area contributed by atoms with Crippen LogP contribution >= 0.6 is 27.5 Å². The number of unbranched alkanes of at least 4 members (excludes halogenated alkanes) is 1. The molecule has 3 aromatic rings. The van der Waals surface area contributed by atoms with Crippen molar-refractivity contribution in [1.29, 1.82) is 0 Å². The van der Waals surface area contributed by atoms with Crippen molar-refractivity contribution in [2.24, 2.45) is 10.5 Å². The van der Waals surface area contributed by atoms with E-state index in [4.69, 9.17) is 16.3 Å². The van der Waals surface area contributed by atoms with E-state index in [9.17, 15) is 14.9 Å². The Bertz CT molecular complexity index is 1320. The summed E-state index contributed by atoms with van der Waals surface area (Å²) >= 11 is 9.72. The molecular formula is C24H26BrClN4O4. The van der Waals surface area contributed by atoms with Gasteiger partial charge in [0.1, 0.15) is 5.82 Å². The van der Waals surface area contributed by atoms with Gasteiger partial charge in [0.25, 0.3) is 5.56 Å². The average molecular weight is 550 g/mol. The molecule has 0 bridgehead atoms. The van der Waals surface area contributed by atoms with E-state index in [2.05, 4.69) is 26.0 Å². The van der Waals surface area contributed by atoms with Crippen molar-refractivity contribution in [3.63, 3.8) is 0 Å². The third-order valence-electron chi connectivity index (χ3n) is 4.84. The number of hydrogen-bond donors (Lipinski definition) is 0. The summed E-state index contributed by atoms with van der Waals surface area (Å²) in [5, 5.41) is 16.5. The first kappa shape index (κ1) is 25.8. The highest BCUT2D eigenvalue weighted by Gasteiger charge is 2.23. The fourth-order valence-electron chi connectivity index (χ4n) is 3.18. The standard InChI is InChI=1S/C24H26BrClN4O4/c1-5-6-7-21-28-19-9-8-16(25)12-17(19)23(31)29(21)27-13-15-10-18(26)22(20(11-15)30(32)33)34-14-24(2,3)4/h8-13H,5-7,14H2,1-4H3. The van der Waals surface area contributed by atoms with Crippen molar-refractivity contribution in [2.75, 3.05) is 6.61 Å². The molecule has 0 fully saturated rings. The number of benzene rings is 2. The van der Waals surface area contributed by atoms with Crippen LogP contribution < -0.4 is 10.3 Å². The normalized spacial score (nSPS) is 11.9. The smallest absolute Gasteiger partial charge is 0.313 e. The molecule has 0 N–H and O–H groups in total. The van der Waals surface area contributed by atoms with Crippen LogP contribution in [0.4, 0.5) is 5.69 Å². The lowest BCUT2D eigenvalue weighted by molar-refractivity contribution is -0.385. The van der Waals surface area contributed by atoms with Crippen molar-refractivity contribution in [2.45, 2.75) is 47.0 Å². The molecule has 10 heteroatoms. The molecule has 0 unspecified atom stereocenters. The van der Waals surface area contributed by atoms with Gasteiger partial charge in [0, 0.05) is 22.5 Å². The number of halogens is 2. The molecular weight excluding hydrogens is 524 g/mol. The first-order chi connectivity index (χ1) is 16.0. The minimum Gasteiger partial charge on any atom is -0.485 e. The maximum absolute atomic E-state index is 13.2. The van der Waals surface area contributed by atoms with Crippen molar-refractivity contribution in [3.05, 3.63) is 71.7 Å². The van der Waals surface area contributed by atoms with Crippen LogP contribution in [0.15, 0.2) is 44.7 Å². The fourth-order valence-corrected chi connectivity index (χ4v) is 3.81. The minimum absolute atomic E-state index is 0.0109. The summed E-state index contributed by atoms with van der Waals surface area (Å²) in [6, 6.07) is 8.16. The van der Waals surface area contributed by atoms with Crippen molar-refractivity contribution in [1.82, 2.24) is 9.66 Å². The molecule has 0 saturated heterocycles. The summed E-state index contributed by atoms with van der Waals surface area (Å²) in [5.74, 6) is 0.528. The average Bonchev–Trinajstić information content (AvgIpc) is 2.75. The van der Waals surface area contributed by atoms with Gasteiger partial charge in [-0.3, -0.25) is 14.9 Å². The van der Waals surface area contributed by atoms with Crippen LogP contribution in [0.5, 0.6) is 5.75 Å². The second kappa shape index (κ2) is 10.7. The van der Waals surface area contributed by atoms with E-state index in [1.54, 1.807) is 12.1 Å². The predicted molar refractivity (Wildman–Crippen MR) is 138 cm³/mol. The molecule has 0 aliphatic rings. The van der Waals surface area contributed by atoms with Gasteiger partial charge in [-0.15, -0.1) is 0 Å². The Kier molecular flexibility index (Phi) is 8.09. The van der Waals surface area contributed by atoms with E-state index in [0.717, 1.165) is 17.3 Å². The van der Waals surface area contributed by atoms with E-state index in [0.29, 0.717) is 28.7 Å². The second-order valence-electron chi connectivity index (χ2n) is 9.11. The monoisotopic (exact) mass is 548 g/mol. The van der Waals surface area contributed by atoms with Crippen LogP contribution in [-0.4, -0.2) is 27.4 Å². The minimum atomic E-state index is -0.546. The summed E-state index contributed by atoms with van der Waals surface area (Å²) in [7, 11) is 0. The van der Waals surface area contributed by atoms with Crippen LogP contribution in [-0.2, 0) is 6.42 Å². The highest BCUT2D eigenvalue weighted by Crippen LogP contribution is 2.36. The molecule has 0 aliphatic carbocycles. The van der Waals surface area contributed by atoms with Crippen LogP contribution in [0.25, 0.3) is 10.9 Å². The Labute approximate surface area is 210 Å². The molecule has 180 valence electrons. The number of ether oxygens (including phenoxy) is 1. The van der Waals surface area contributed by atoms with Crippen molar-refractivity contribution >= 4 is 50.3 Å². The zero-order chi connectivity index (χ0) is 25.0. The Hall–Kier alpha value is -2.78. The van der Waals surface area contributed by atoms with Gasteiger partial charge in [-0.05, 0) is 36.1 Å². The molecule has 0 saturated carbocycles. The SMILES string of the molecule is CCCCc1nc2ccc(Br)cc2c(=O)n1N=Cc1cc(Cl)c(OCC(C)(C)C)c([N+](=O)[O-])c1. The van der Waals surface area contributed by atoms with E-state index < -0.39 is 4.92 Å². The summed E-state index contributed by atoms with van der Waals surface area (Å²) in [4.78, 5) is 29.0. The number of nitrogens with zero attached hydrogens (tertiary/aromatic N) is 4. The van der Waals surface area contributed by atoms with Gasteiger partial charge in [0.15, 0.2) is 0 Å². The van der Waals surface area contributed by atoms with Gasteiger partial charge in [0.05, 0.1) is 33.7 Å². The topological polar surface area (TPSA) is 99.6 Å². The first-order valence-corrected chi connectivity index (χ1v) is 12.0. The maximum Gasteiger partial charge on any atom is 0.313 e. The van der Waals surface area contributed by atoms with E-state index in [-0.39, 0.29) is 34.0 Å². The lowest BCUT2D eigenvalue weighted by Crippen LogP contribution is -2.22. The Morgan fingerprint density at radius 3 is 2.68 bits per heavy atom. The molecule has 0 aliphatic heterocycles. The second-order valence-corrected chi connectivity index (χ2v) is 10.4. The molecule has 2 aromatic carbocycles. The van der Waals surface area contributed by atoms with Gasteiger partial charge in [-0.25, -0.2) is 4.98 Å². The highest BCUT2D eigenvalue weighted by atomic mass is 79.9. The van der Waals surface area contributed by atoms with Crippen molar-refractivity contribution < 1.29 is 9.66 Å². The van der Waals surface area contributed by atoms with Crippen LogP contribution in [0.3, 0.4) is 0 Å². The number of aromatic nitrogens is 2. The number of hydrogen-bond acceptors (Lipinski definition) is 6. The van der Waals surface area contributed by atoms with Crippen LogP contribution in [0, 0.1) is 15.5 Å². The number of aryl methyl sites for hydroxylation is 1. The van der Waals surface area contributed by atoms with E-state index in [1.807, 2.05) is 33.8 Å². The van der Waals surface area contributed by atoms with E-state index in [1.165, 1.54) is 23.0 Å². The summed E-state index contributed by atoms with van der Waals surface area (Å²) in [5.41, 5.74) is 0.162. The first-order valence-electron chi connectivity index (χ1n) is 10.9. The maximum atomic E-state index is 13.2. The number of nitro benzene ring substituents is 1. The molecule has 1 aromatic heterocycles. The third kappa shape index (κ3) is 6.21. The molecule has 0 spiro atoms. The van der Waals surface area contributed by atoms with Crippen LogP contribution in [0.2, 0.25) is 5.02 Å². The number of fused-ring (bicyclic) bond motifs is 1. The summed E-state index contributed by atoms with van der Waals surface area (Å²) in [6.45, 7) is 8.18. The highest BCUT2D eigenvalue weighted by molar-refractivity contribution is 9.10. The van der Waals surface area contributed by atoms with Gasteiger partial charge < -0.3 is 4.74 Å². The molecule has 3 rings (SSSR count). The lowest BCUT2D eigenvalue weighted by atomic mass is 9.99. The van der Waals surface area contributed by atoms with Crippen LogP contribution in [0.1, 0.15) is 51.9 Å². The Balaban J connectivity index is 2.07. The molecule has 34 heavy (non-hydrogen) atoms. The molecule has 0 atom stereocenters. The van der Waals surface area contributed by atoms with Gasteiger partial charge in [0.2, 0.25) is 5.75 Å². The van der Waals surface area contributed by atoms with Crippen molar-refractivity contribution in [3.8, 4) is 5.75 Å². The van der Waals surface area contributed by atoms with Gasteiger partial charge in [-0.2, -0.15) is 9.78 Å². The zero-order valence-corrected chi connectivity index (χ0v) is 21.8. The quantitative estimate of drug-likeness (QED) is 0.185. The number of rotatable bonds is 8. The van der Waals surface area contributed by atoms with Gasteiger partial charge in [-0.1, -0.05) is 61.6 Å². The Morgan fingerprint density at radius 2 is 2.03 bits per heavy atom. The van der Waals surface area contributed by atoms with E-state index >= 15 is 0 Å².